The second kappa shape index (κ2) is 11.2. The van der Waals surface area contributed by atoms with Gasteiger partial charge in [-0.25, -0.2) is 10.2 Å². The first-order valence-corrected chi connectivity index (χ1v) is 10.1. The SMILES string of the molecule is COc1ccc(C(=O)NCC(=O)N/N=C/c2ccc(OC(=O)c3ccc(C)cc3)cc2)cc1. The summed E-state index contributed by atoms with van der Waals surface area (Å²) in [4.78, 5) is 36.1. The van der Waals surface area contributed by atoms with Gasteiger partial charge in [0.25, 0.3) is 11.8 Å². The molecule has 168 valence electrons. The van der Waals surface area contributed by atoms with Crippen molar-refractivity contribution < 1.29 is 23.9 Å². The zero-order chi connectivity index (χ0) is 23.6. The predicted molar refractivity (Wildman–Crippen MR) is 124 cm³/mol. The molecule has 0 aliphatic carbocycles. The van der Waals surface area contributed by atoms with E-state index in [4.69, 9.17) is 9.47 Å². The van der Waals surface area contributed by atoms with Crippen molar-refractivity contribution in [2.75, 3.05) is 13.7 Å². The van der Waals surface area contributed by atoms with Gasteiger partial charge in [0.05, 0.1) is 25.4 Å². The molecule has 0 radical (unpaired) electrons. The average molecular weight is 445 g/mol. The van der Waals surface area contributed by atoms with E-state index in [9.17, 15) is 14.4 Å². The van der Waals surface area contributed by atoms with Crippen molar-refractivity contribution in [1.82, 2.24) is 10.7 Å². The molecular formula is C25H23N3O5. The van der Waals surface area contributed by atoms with Crippen LogP contribution in [0, 0.1) is 6.92 Å². The highest BCUT2D eigenvalue weighted by Crippen LogP contribution is 2.14. The molecule has 3 rings (SSSR count). The molecule has 8 nitrogen and oxygen atoms in total. The molecule has 2 N–H and O–H groups in total. The van der Waals surface area contributed by atoms with Crippen LogP contribution in [0.15, 0.2) is 77.9 Å². The van der Waals surface area contributed by atoms with Gasteiger partial charge in [0, 0.05) is 5.56 Å². The molecule has 0 atom stereocenters. The molecule has 2 amide bonds. The van der Waals surface area contributed by atoms with Crippen LogP contribution in [0.1, 0.15) is 31.8 Å². The first kappa shape index (κ1) is 23.2. The zero-order valence-corrected chi connectivity index (χ0v) is 18.2. The van der Waals surface area contributed by atoms with Gasteiger partial charge >= 0.3 is 5.97 Å². The molecule has 0 spiro atoms. The van der Waals surface area contributed by atoms with E-state index in [1.807, 2.05) is 19.1 Å². The Morgan fingerprint density at radius 1 is 0.848 bits per heavy atom. The highest BCUT2D eigenvalue weighted by atomic mass is 16.5. The number of benzene rings is 3. The van der Waals surface area contributed by atoms with E-state index in [-0.39, 0.29) is 12.5 Å². The van der Waals surface area contributed by atoms with E-state index in [0.717, 1.165) is 5.56 Å². The Labute approximate surface area is 191 Å². The summed E-state index contributed by atoms with van der Waals surface area (Å²) in [5.74, 6) is -0.274. The molecule has 0 unspecified atom stereocenters. The van der Waals surface area contributed by atoms with Gasteiger partial charge in [0.2, 0.25) is 0 Å². The Morgan fingerprint density at radius 2 is 1.45 bits per heavy atom. The second-order valence-electron chi connectivity index (χ2n) is 7.03. The number of aryl methyl sites for hydroxylation is 1. The van der Waals surface area contributed by atoms with E-state index in [0.29, 0.717) is 28.2 Å². The topological polar surface area (TPSA) is 106 Å². The van der Waals surface area contributed by atoms with Crippen molar-refractivity contribution in [1.29, 1.82) is 0 Å². The molecule has 0 fully saturated rings. The third-order valence-electron chi connectivity index (χ3n) is 4.54. The standard InChI is InChI=1S/C25H23N3O5/c1-17-3-7-20(8-4-17)25(31)33-22-11-5-18(6-12-22)15-27-28-23(29)16-26-24(30)19-9-13-21(32-2)14-10-19/h3-15H,16H2,1-2H3,(H,26,30)(H,28,29)/b27-15+. The van der Waals surface area contributed by atoms with Crippen LogP contribution in [0.25, 0.3) is 0 Å². The molecule has 33 heavy (non-hydrogen) atoms. The number of hydrazone groups is 1. The molecule has 0 aromatic heterocycles. The summed E-state index contributed by atoms with van der Waals surface area (Å²) in [5.41, 5.74) is 4.96. The Hall–Kier alpha value is -4.46. The molecule has 0 bridgehead atoms. The number of rotatable bonds is 8. The fourth-order valence-corrected chi connectivity index (χ4v) is 2.70. The number of esters is 1. The van der Waals surface area contributed by atoms with Crippen molar-refractivity contribution in [2.24, 2.45) is 5.10 Å². The van der Waals surface area contributed by atoms with Gasteiger partial charge < -0.3 is 14.8 Å². The van der Waals surface area contributed by atoms with Crippen LogP contribution in [-0.2, 0) is 4.79 Å². The van der Waals surface area contributed by atoms with Crippen LogP contribution in [0.5, 0.6) is 11.5 Å². The molecular weight excluding hydrogens is 422 g/mol. The molecule has 0 saturated carbocycles. The number of carbonyl (C=O) groups excluding carboxylic acids is 3. The third-order valence-corrected chi connectivity index (χ3v) is 4.54. The smallest absolute Gasteiger partial charge is 0.343 e. The summed E-state index contributed by atoms with van der Waals surface area (Å²) in [6.45, 7) is 1.71. The third kappa shape index (κ3) is 7.03. The molecule has 3 aromatic rings. The van der Waals surface area contributed by atoms with Crippen molar-refractivity contribution in [3.8, 4) is 11.5 Å². The van der Waals surface area contributed by atoms with Crippen LogP contribution in [0.2, 0.25) is 0 Å². The number of hydrogen-bond donors (Lipinski definition) is 2. The van der Waals surface area contributed by atoms with Crippen molar-refractivity contribution in [3.05, 3.63) is 95.1 Å². The van der Waals surface area contributed by atoms with Crippen LogP contribution < -0.4 is 20.2 Å². The summed E-state index contributed by atoms with van der Waals surface area (Å²) in [6, 6.07) is 20.3. The van der Waals surface area contributed by atoms with Crippen LogP contribution in [0.3, 0.4) is 0 Å². The van der Waals surface area contributed by atoms with Gasteiger partial charge in [-0.05, 0) is 73.2 Å². The number of nitrogens with zero attached hydrogens (tertiary/aromatic N) is 1. The van der Waals surface area contributed by atoms with Gasteiger partial charge in [0.15, 0.2) is 0 Å². The molecule has 3 aromatic carbocycles. The number of amides is 2. The maximum atomic E-state index is 12.2. The van der Waals surface area contributed by atoms with E-state index in [2.05, 4.69) is 15.8 Å². The maximum Gasteiger partial charge on any atom is 0.343 e. The lowest BCUT2D eigenvalue weighted by atomic mass is 10.1. The van der Waals surface area contributed by atoms with Gasteiger partial charge in [-0.3, -0.25) is 9.59 Å². The van der Waals surface area contributed by atoms with Crippen molar-refractivity contribution in [2.45, 2.75) is 6.92 Å². The zero-order valence-electron chi connectivity index (χ0n) is 18.2. The highest BCUT2D eigenvalue weighted by molar-refractivity contribution is 5.96. The van der Waals surface area contributed by atoms with Crippen LogP contribution in [-0.4, -0.2) is 37.7 Å². The molecule has 0 saturated heterocycles. The minimum Gasteiger partial charge on any atom is -0.497 e. The molecule has 0 heterocycles. The van der Waals surface area contributed by atoms with Crippen LogP contribution in [0.4, 0.5) is 0 Å². The quantitative estimate of drug-likeness (QED) is 0.240. The van der Waals surface area contributed by atoms with Gasteiger partial charge in [-0.1, -0.05) is 17.7 Å². The Balaban J connectivity index is 1.43. The van der Waals surface area contributed by atoms with E-state index in [1.165, 1.54) is 13.3 Å². The molecule has 8 heteroatoms. The van der Waals surface area contributed by atoms with E-state index >= 15 is 0 Å². The van der Waals surface area contributed by atoms with Crippen molar-refractivity contribution in [3.63, 3.8) is 0 Å². The molecule has 0 aliphatic heterocycles. The number of methoxy groups -OCH3 is 1. The minimum absolute atomic E-state index is 0.226. The van der Waals surface area contributed by atoms with E-state index < -0.39 is 11.9 Å². The van der Waals surface area contributed by atoms with Gasteiger partial charge in [-0.2, -0.15) is 5.10 Å². The monoisotopic (exact) mass is 445 g/mol. The van der Waals surface area contributed by atoms with Crippen LogP contribution >= 0.6 is 0 Å². The first-order chi connectivity index (χ1) is 15.9. The number of nitrogens with one attached hydrogen (secondary N) is 2. The fourth-order valence-electron chi connectivity index (χ4n) is 2.70. The lowest BCUT2D eigenvalue weighted by molar-refractivity contribution is -0.120. The highest BCUT2D eigenvalue weighted by Gasteiger charge is 2.09. The summed E-state index contributed by atoms with van der Waals surface area (Å²) >= 11 is 0. The lowest BCUT2D eigenvalue weighted by Gasteiger charge is -2.06. The predicted octanol–water partition coefficient (Wildman–Crippen LogP) is 3.10. The van der Waals surface area contributed by atoms with Crippen molar-refractivity contribution >= 4 is 24.0 Å². The number of ether oxygens (including phenoxy) is 2. The Kier molecular flexibility index (Phi) is 7.91. The fraction of sp³-hybridized carbons (Fsp3) is 0.120. The largest absolute Gasteiger partial charge is 0.497 e. The summed E-state index contributed by atoms with van der Waals surface area (Å²) < 4.78 is 10.4. The minimum atomic E-state index is -0.475. The van der Waals surface area contributed by atoms with E-state index in [1.54, 1.807) is 60.7 Å². The van der Waals surface area contributed by atoms with Gasteiger partial charge in [-0.15, -0.1) is 0 Å². The second-order valence-corrected chi connectivity index (χ2v) is 7.03. The Bertz CT molecular complexity index is 1140. The van der Waals surface area contributed by atoms with Gasteiger partial charge in [0.1, 0.15) is 11.5 Å². The first-order valence-electron chi connectivity index (χ1n) is 10.1. The lowest BCUT2D eigenvalue weighted by Crippen LogP contribution is -2.34. The number of hydrogen-bond acceptors (Lipinski definition) is 6. The normalized spacial score (nSPS) is 10.5. The summed E-state index contributed by atoms with van der Waals surface area (Å²) in [5, 5.41) is 6.37. The average Bonchev–Trinajstić information content (AvgIpc) is 2.84. The number of carbonyl (C=O) groups is 3. The maximum absolute atomic E-state index is 12.2. The Morgan fingerprint density at radius 3 is 2.09 bits per heavy atom. The molecule has 0 aliphatic rings. The summed E-state index contributed by atoms with van der Waals surface area (Å²) in [7, 11) is 1.54. The summed E-state index contributed by atoms with van der Waals surface area (Å²) in [6.07, 6.45) is 1.44.